The lowest BCUT2D eigenvalue weighted by Crippen LogP contribution is -2.40. The summed E-state index contributed by atoms with van der Waals surface area (Å²) in [6.45, 7) is 9.33. The molecule has 146 valence electrons. The van der Waals surface area contributed by atoms with E-state index in [2.05, 4.69) is 0 Å². The highest BCUT2D eigenvalue weighted by atomic mass is 19.4. The molecular formula is C19H26F3NO3. The van der Waals surface area contributed by atoms with E-state index in [4.69, 9.17) is 4.74 Å². The largest absolute Gasteiger partial charge is 0.464 e. The van der Waals surface area contributed by atoms with Gasteiger partial charge in [-0.3, -0.25) is 9.69 Å². The number of ether oxygens (including phenoxy) is 1. The van der Waals surface area contributed by atoms with E-state index in [0.717, 1.165) is 17.0 Å². The monoisotopic (exact) mass is 373 g/mol. The van der Waals surface area contributed by atoms with Gasteiger partial charge >= 0.3 is 12.1 Å². The van der Waals surface area contributed by atoms with Crippen molar-refractivity contribution >= 4 is 17.6 Å². The van der Waals surface area contributed by atoms with Crippen LogP contribution in [0.4, 0.5) is 18.9 Å². The average Bonchev–Trinajstić information content (AvgIpc) is 2.97. The summed E-state index contributed by atoms with van der Waals surface area (Å²) in [4.78, 5) is 25.3. The minimum Gasteiger partial charge on any atom is -0.464 e. The zero-order valence-corrected chi connectivity index (χ0v) is 15.8. The summed E-state index contributed by atoms with van der Waals surface area (Å²) in [6, 6.07) is 2.66. The highest BCUT2D eigenvalue weighted by molar-refractivity contribution is 6.02. The number of benzene rings is 1. The first-order chi connectivity index (χ1) is 12.1. The molecule has 7 heteroatoms. The first-order valence-corrected chi connectivity index (χ1v) is 8.86. The summed E-state index contributed by atoms with van der Waals surface area (Å²) in [5.41, 5.74) is -0.276. The molecule has 1 atom stereocenters. The van der Waals surface area contributed by atoms with Crippen molar-refractivity contribution in [1.29, 1.82) is 0 Å². The molecule has 0 N–H and O–H groups in total. The lowest BCUT2D eigenvalue weighted by Gasteiger charge is -2.25. The van der Waals surface area contributed by atoms with Gasteiger partial charge in [0.2, 0.25) is 5.91 Å². The van der Waals surface area contributed by atoms with Crippen LogP contribution in [-0.2, 0) is 20.5 Å². The smallest absolute Gasteiger partial charge is 0.416 e. The van der Waals surface area contributed by atoms with Gasteiger partial charge in [0.15, 0.2) is 0 Å². The summed E-state index contributed by atoms with van der Waals surface area (Å²) in [6.07, 6.45) is -4.18. The maximum atomic E-state index is 13.2. The Kier molecular flexibility index (Phi) is 7.66. The third kappa shape index (κ3) is 4.99. The number of carbonyl (C=O) groups excluding carboxylic acids is 2. The van der Waals surface area contributed by atoms with Crippen LogP contribution in [0.1, 0.15) is 64.5 Å². The second-order valence-electron chi connectivity index (χ2n) is 6.04. The third-order valence-electron chi connectivity index (χ3n) is 3.98. The van der Waals surface area contributed by atoms with Crippen LogP contribution >= 0.6 is 0 Å². The summed E-state index contributed by atoms with van der Waals surface area (Å²) >= 11 is 0. The lowest BCUT2D eigenvalue weighted by molar-refractivity contribution is -0.144. The second-order valence-corrected chi connectivity index (χ2v) is 6.04. The molecule has 0 bridgehead atoms. The fourth-order valence-electron chi connectivity index (χ4n) is 2.74. The Morgan fingerprint density at radius 1 is 1.27 bits per heavy atom. The van der Waals surface area contributed by atoms with Crippen molar-refractivity contribution in [2.45, 2.75) is 65.6 Å². The predicted molar refractivity (Wildman–Crippen MR) is 94.0 cm³/mol. The molecule has 1 aromatic carbocycles. The van der Waals surface area contributed by atoms with E-state index in [1.165, 1.54) is 6.07 Å². The molecular weight excluding hydrogens is 347 g/mol. The Bertz CT molecular complexity index is 641. The second kappa shape index (κ2) is 9.05. The van der Waals surface area contributed by atoms with E-state index in [-0.39, 0.29) is 37.0 Å². The van der Waals surface area contributed by atoms with E-state index in [0.29, 0.717) is 5.56 Å². The van der Waals surface area contributed by atoms with Crippen LogP contribution < -0.4 is 4.90 Å². The summed E-state index contributed by atoms with van der Waals surface area (Å²) in [5.74, 6) is -1.11. The van der Waals surface area contributed by atoms with Crippen LogP contribution in [0.5, 0.6) is 0 Å². The maximum absolute atomic E-state index is 13.2. The van der Waals surface area contributed by atoms with Crippen molar-refractivity contribution in [2.24, 2.45) is 0 Å². The first kappa shape index (κ1) is 22.0. The zero-order chi connectivity index (χ0) is 20.1. The van der Waals surface area contributed by atoms with Crippen molar-refractivity contribution in [3.63, 3.8) is 0 Å². The molecule has 26 heavy (non-hydrogen) atoms. The van der Waals surface area contributed by atoms with Gasteiger partial charge in [-0.15, -0.1) is 0 Å². The normalized spacial score (nSPS) is 17.2. The zero-order valence-electron chi connectivity index (χ0n) is 15.8. The van der Waals surface area contributed by atoms with Gasteiger partial charge in [-0.05, 0) is 43.0 Å². The number of esters is 1. The number of rotatable bonds is 4. The third-order valence-corrected chi connectivity index (χ3v) is 3.98. The van der Waals surface area contributed by atoms with Crippen LogP contribution in [0.2, 0.25) is 0 Å². The predicted octanol–water partition coefficient (Wildman–Crippen LogP) is 4.91. The maximum Gasteiger partial charge on any atom is 0.416 e. The number of hydrogen-bond donors (Lipinski definition) is 0. The summed E-state index contributed by atoms with van der Waals surface area (Å²) in [5, 5.41) is 0. The topological polar surface area (TPSA) is 46.6 Å². The quantitative estimate of drug-likeness (QED) is 0.704. The fourth-order valence-corrected chi connectivity index (χ4v) is 2.74. The van der Waals surface area contributed by atoms with Crippen molar-refractivity contribution < 1.29 is 27.5 Å². The molecule has 1 amide bonds. The van der Waals surface area contributed by atoms with Crippen molar-refractivity contribution in [3.8, 4) is 0 Å². The number of anilines is 1. The first-order valence-electron chi connectivity index (χ1n) is 8.86. The number of halogens is 3. The van der Waals surface area contributed by atoms with Crippen LogP contribution in [-0.4, -0.2) is 24.5 Å². The van der Waals surface area contributed by atoms with Gasteiger partial charge in [-0.2, -0.15) is 13.2 Å². The Morgan fingerprint density at radius 3 is 2.38 bits per heavy atom. The molecule has 0 radical (unpaired) electrons. The van der Waals surface area contributed by atoms with E-state index in [1.807, 2.05) is 13.8 Å². The van der Waals surface area contributed by atoms with Gasteiger partial charge < -0.3 is 4.74 Å². The molecule has 0 aliphatic carbocycles. The van der Waals surface area contributed by atoms with E-state index in [1.54, 1.807) is 20.8 Å². The van der Waals surface area contributed by atoms with Gasteiger partial charge in [-0.1, -0.05) is 27.7 Å². The number of alkyl halides is 3. The molecule has 2 rings (SSSR count). The molecule has 0 saturated carbocycles. The Labute approximate surface area is 152 Å². The van der Waals surface area contributed by atoms with E-state index < -0.39 is 23.8 Å². The van der Waals surface area contributed by atoms with Gasteiger partial charge in [0.1, 0.15) is 6.04 Å². The number of amides is 1. The highest BCUT2D eigenvalue weighted by Crippen LogP contribution is 2.37. The molecule has 1 aromatic rings. The molecule has 1 heterocycles. The Morgan fingerprint density at radius 2 is 1.88 bits per heavy atom. The number of carbonyl (C=O) groups is 2. The fraction of sp³-hybridized carbons (Fsp3) is 0.579. The van der Waals surface area contributed by atoms with Crippen molar-refractivity contribution in [3.05, 3.63) is 29.3 Å². The molecule has 0 aromatic heterocycles. The minimum atomic E-state index is -4.53. The molecule has 1 saturated heterocycles. The van der Waals surface area contributed by atoms with Crippen LogP contribution in [0.3, 0.4) is 0 Å². The number of hydrogen-bond acceptors (Lipinski definition) is 3. The Hall–Kier alpha value is -2.05. The van der Waals surface area contributed by atoms with Crippen LogP contribution in [0, 0.1) is 0 Å². The van der Waals surface area contributed by atoms with Gasteiger partial charge in [-0.25, -0.2) is 4.79 Å². The molecule has 1 aliphatic rings. The van der Waals surface area contributed by atoms with Gasteiger partial charge in [0.25, 0.3) is 0 Å². The number of nitrogens with zero attached hydrogens (tertiary/aromatic N) is 1. The standard InChI is InChI=1S/C17H20F3NO3.C2H6/c1-4-24-16(23)14-5-6-15(22)21(14)13-8-11(10(2)3)7-12(9-13)17(18,19)20;1-2/h7-10,14H,4-6H2,1-3H3;1-2H3. The summed E-state index contributed by atoms with van der Waals surface area (Å²) < 4.78 is 44.5. The minimum absolute atomic E-state index is 0.0917. The Balaban J connectivity index is 0.00000163. The van der Waals surface area contributed by atoms with Crippen LogP contribution in [0.15, 0.2) is 18.2 Å². The van der Waals surface area contributed by atoms with E-state index in [9.17, 15) is 22.8 Å². The molecule has 4 nitrogen and oxygen atoms in total. The average molecular weight is 373 g/mol. The molecule has 1 unspecified atom stereocenters. The summed E-state index contributed by atoms with van der Waals surface area (Å²) in [7, 11) is 0. The molecule has 1 fully saturated rings. The SMILES string of the molecule is CC.CCOC(=O)C1CCC(=O)N1c1cc(C(C)C)cc(C(F)(F)F)c1. The van der Waals surface area contributed by atoms with Crippen LogP contribution in [0.25, 0.3) is 0 Å². The van der Waals surface area contributed by atoms with Crippen molar-refractivity contribution in [2.75, 3.05) is 11.5 Å². The van der Waals surface area contributed by atoms with Gasteiger partial charge in [0.05, 0.1) is 12.2 Å². The van der Waals surface area contributed by atoms with E-state index >= 15 is 0 Å². The van der Waals surface area contributed by atoms with Gasteiger partial charge in [0, 0.05) is 12.1 Å². The highest BCUT2D eigenvalue weighted by Gasteiger charge is 2.40. The molecule has 0 spiro atoms. The van der Waals surface area contributed by atoms with Crippen molar-refractivity contribution in [1.82, 2.24) is 0 Å². The lowest BCUT2D eigenvalue weighted by atomic mass is 9.99. The molecule has 1 aliphatic heterocycles.